The number of hydrogen-bond donors (Lipinski definition) is 1. The number of hydrogen-bond acceptors (Lipinski definition) is 3. The Morgan fingerprint density at radius 2 is 1.73 bits per heavy atom. The van der Waals surface area contributed by atoms with Gasteiger partial charge in [0.25, 0.3) is 10.0 Å². The lowest BCUT2D eigenvalue weighted by Gasteiger charge is -2.13. The van der Waals surface area contributed by atoms with Gasteiger partial charge in [-0.25, -0.2) is 8.42 Å². The largest absolute Gasteiger partial charge is 0.495 e. The average molecular weight is 384 g/mol. The van der Waals surface area contributed by atoms with Crippen LogP contribution in [-0.2, 0) is 10.0 Å². The Morgan fingerprint density at radius 3 is 2.27 bits per heavy atom. The highest BCUT2D eigenvalue weighted by molar-refractivity contribution is 9.10. The first kappa shape index (κ1) is 16.8. The molecule has 1 N–H and O–H groups in total. The average Bonchev–Trinajstić information content (AvgIpc) is 2.47. The summed E-state index contributed by atoms with van der Waals surface area (Å²) in [4.78, 5) is 0.0947. The predicted molar refractivity (Wildman–Crippen MR) is 92.0 cm³/mol. The van der Waals surface area contributed by atoms with E-state index in [0.717, 1.165) is 5.56 Å². The molecule has 22 heavy (non-hydrogen) atoms. The van der Waals surface area contributed by atoms with Crippen molar-refractivity contribution in [1.82, 2.24) is 0 Å². The van der Waals surface area contributed by atoms with Crippen LogP contribution in [0.15, 0.2) is 51.8 Å². The third-order valence-electron chi connectivity index (χ3n) is 3.24. The van der Waals surface area contributed by atoms with Gasteiger partial charge in [0.1, 0.15) is 10.6 Å². The maximum absolute atomic E-state index is 12.5. The molecular weight excluding hydrogens is 366 g/mol. The standard InChI is InChI=1S/C16H18BrNO3S/c1-11(2)12-4-7-14(8-5-12)18-22(19,20)16-10-13(17)6-9-15(16)21-3/h4-11,18H,1-3H3. The summed E-state index contributed by atoms with van der Waals surface area (Å²) in [5.74, 6) is 0.699. The Bertz CT molecular complexity index is 755. The molecule has 0 saturated carbocycles. The molecule has 2 rings (SSSR count). The van der Waals surface area contributed by atoms with Gasteiger partial charge >= 0.3 is 0 Å². The van der Waals surface area contributed by atoms with E-state index in [1.54, 1.807) is 24.3 Å². The van der Waals surface area contributed by atoms with E-state index in [-0.39, 0.29) is 4.90 Å². The zero-order valence-electron chi connectivity index (χ0n) is 12.6. The Balaban J connectivity index is 2.33. The van der Waals surface area contributed by atoms with Gasteiger partial charge in [0, 0.05) is 10.2 Å². The van der Waals surface area contributed by atoms with Crippen LogP contribution >= 0.6 is 15.9 Å². The molecule has 0 fully saturated rings. The molecule has 0 aliphatic rings. The molecule has 0 spiro atoms. The van der Waals surface area contributed by atoms with Gasteiger partial charge in [-0.3, -0.25) is 4.72 Å². The first-order valence-corrected chi connectivity index (χ1v) is 9.07. The van der Waals surface area contributed by atoms with Crippen molar-refractivity contribution in [3.05, 3.63) is 52.5 Å². The molecule has 0 radical (unpaired) electrons. The summed E-state index contributed by atoms with van der Waals surface area (Å²) in [7, 11) is -2.27. The molecule has 2 aromatic rings. The monoisotopic (exact) mass is 383 g/mol. The lowest BCUT2D eigenvalue weighted by molar-refractivity contribution is 0.403. The zero-order valence-corrected chi connectivity index (χ0v) is 15.0. The van der Waals surface area contributed by atoms with Crippen LogP contribution in [0.2, 0.25) is 0 Å². The van der Waals surface area contributed by atoms with Crippen molar-refractivity contribution in [3.63, 3.8) is 0 Å². The summed E-state index contributed by atoms with van der Waals surface area (Å²) in [5, 5.41) is 0. The fourth-order valence-corrected chi connectivity index (χ4v) is 3.77. The molecule has 0 aromatic heterocycles. The summed E-state index contributed by atoms with van der Waals surface area (Å²) >= 11 is 3.28. The first-order chi connectivity index (χ1) is 10.3. The van der Waals surface area contributed by atoms with Crippen LogP contribution in [-0.4, -0.2) is 15.5 Å². The highest BCUT2D eigenvalue weighted by atomic mass is 79.9. The van der Waals surface area contributed by atoms with Gasteiger partial charge in [-0.2, -0.15) is 0 Å². The molecular formula is C16H18BrNO3S. The van der Waals surface area contributed by atoms with Gasteiger partial charge in [0.05, 0.1) is 7.11 Å². The third kappa shape index (κ3) is 3.81. The number of rotatable bonds is 5. The Labute approximate surface area is 139 Å². The smallest absolute Gasteiger partial charge is 0.265 e. The second-order valence-electron chi connectivity index (χ2n) is 5.18. The number of sulfonamides is 1. The number of halogens is 1. The van der Waals surface area contributed by atoms with Gasteiger partial charge in [-0.05, 0) is 41.8 Å². The minimum Gasteiger partial charge on any atom is -0.495 e. The van der Waals surface area contributed by atoms with Crippen LogP contribution in [0.3, 0.4) is 0 Å². The van der Waals surface area contributed by atoms with Crippen LogP contribution in [0.1, 0.15) is 25.3 Å². The first-order valence-electron chi connectivity index (χ1n) is 6.80. The van der Waals surface area contributed by atoms with E-state index in [4.69, 9.17) is 4.74 Å². The molecule has 0 heterocycles. The van der Waals surface area contributed by atoms with Crippen LogP contribution < -0.4 is 9.46 Å². The van der Waals surface area contributed by atoms with Crippen molar-refractivity contribution in [2.45, 2.75) is 24.7 Å². The summed E-state index contributed by atoms with van der Waals surface area (Å²) in [6, 6.07) is 12.2. The van der Waals surface area contributed by atoms with Crippen molar-refractivity contribution in [2.75, 3.05) is 11.8 Å². The number of nitrogens with one attached hydrogen (secondary N) is 1. The van der Waals surface area contributed by atoms with Gasteiger partial charge in [0.2, 0.25) is 0 Å². The zero-order chi connectivity index (χ0) is 16.3. The third-order valence-corrected chi connectivity index (χ3v) is 5.14. The second kappa shape index (κ2) is 6.71. The highest BCUT2D eigenvalue weighted by Crippen LogP contribution is 2.29. The van der Waals surface area contributed by atoms with Crippen molar-refractivity contribution < 1.29 is 13.2 Å². The van der Waals surface area contributed by atoms with Gasteiger partial charge in [0.15, 0.2) is 0 Å². The van der Waals surface area contributed by atoms with Crippen LogP contribution in [0.25, 0.3) is 0 Å². The molecule has 0 atom stereocenters. The number of methoxy groups -OCH3 is 1. The minimum absolute atomic E-state index is 0.0947. The quantitative estimate of drug-likeness (QED) is 0.832. The summed E-state index contributed by atoms with van der Waals surface area (Å²) < 4.78 is 33.5. The lowest BCUT2D eigenvalue weighted by atomic mass is 10.0. The SMILES string of the molecule is COc1ccc(Br)cc1S(=O)(=O)Nc1ccc(C(C)C)cc1. The Kier molecular flexibility index (Phi) is 5.13. The van der Waals surface area contributed by atoms with Crippen LogP contribution in [0.5, 0.6) is 5.75 Å². The molecule has 2 aromatic carbocycles. The molecule has 0 amide bonds. The Hall–Kier alpha value is -1.53. The van der Waals surface area contributed by atoms with E-state index in [1.807, 2.05) is 12.1 Å². The van der Waals surface area contributed by atoms with E-state index >= 15 is 0 Å². The summed E-state index contributed by atoms with van der Waals surface area (Å²) in [6.45, 7) is 4.18. The van der Waals surface area contributed by atoms with Crippen LogP contribution in [0, 0.1) is 0 Å². The van der Waals surface area contributed by atoms with E-state index in [0.29, 0.717) is 21.8 Å². The molecule has 0 saturated heterocycles. The predicted octanol–water partition coefficient (Wildman–Crippen LogP) is 4.38. The van der Waals surface area contributed by atoms with E-state index in [9.17, 15) is 8.42 Å². The second-order valence-corrected chi connectivity index (χ2v) is 7.74. The van der Waals surface area contributed by atoms with Crippen LogP contribution in [0.4, 0.5) is 5.69 Å². The minimum atomic E-state index is -3.72. The van der Waals surface area contributed by atoms with Gasteiger partial charge in [-0.15, -0.1) is 0 Å². The molecule has 118 valence electrons. The van der Waals surface area contributed by atoms with Crippen molar-refractivity contribution in [1.29, 1.82) is 0 Å². The fraction of sp³-hybridized carbons (Fsp3) is 0.250. The van der Waals surface area contributed by atoms with Crippen molar-refractivity contribution >= 4 is 31.6 Å². The van der Waals surface area contributed by atoms with Gasteiger partial charge < -0.3 is 4.74 Å². The van der Waals surface area contributed by atoms with E-state index in [2.05, 4.69) is 34.5 Å². The fourth-order valence-electron chi connectivity index (χ4n) is 2.01. The normalized spacial score (nSPS) is 11.5. The molecule has 0 aliphatic heterocycles. The highest BCUT2D eigenvalue weighted by Gasteiger charge is 2.20. The lowest BCUT2D eigenvalue weighted by Crippen LogP contribution is -2.14. The van der Waals surface area contributed by atoms with Crippen molar-refractivity contribution in [2.24, 2.45) is 0 Å². The molecule has 4 nitrogen and oxygen atoms in total. The molecule has 0 unspecified atom stereocenters. The summed E-state index contributed by atoms with van der Waals surface area (Å²) in [6.07, 6.45) is 0. The molecule has 0 bridgehead atoms. The summed E-state index contributed by atoms with van der Waals surface area (Å²) in [5.41, 5.74) is 1.68. The van der Waals surface area contributed by atoms with E-state index < -0.39 is 10.0 Å². The topological polar surface area (TPSA) is 55.4 Å². The van der Waals surface area contributed by atoms with E-state index in [1.165, 1.54) is 13.2 Å². The van der Waals surface area contributed by atoms with Crippen molar-refractivity contribution in [3.8, 4) is 5.75 Å². The number of anilines is 1. The molecule has 6 heteroatoms. The molecule has 0 aliphatic carbocycles. The van der Waals surface area contributed by atoms with Gasteiger partial charge in [-0.1, -0.05) is 41.9 Å². The maximum Gasteiger partial charge on any atom is 0.265 e. The maximum atomic E-state index is 12.5. The Morgan fingerprint density at radius 1 is 1.09 bits per heavy atom. The number of ether oxygens (including phenoxy) is 1. The number of benzene rings is 2.